The fraction of sp³-hybridized carbons (Fsp3) is 0.333. The van der Waals surface area contributed by atoms with E-state index < -0.39 is 0 Å². The van der Waals surface area contributed by atoms with Crippen LogP contribution in [0.3, 0.4) is 0 Å². The van der Waals surface area contributed by atoms with Crippen LogP contribution in [0.5, 0.6) is 11.5 Å². The molecule has 0 spiro atoms. The Bertz CT molecular complexity index is 1060. The highest BCUT2D eigenvalue weighted by atomic mass is 32.1. The van der Waals surface area contributed by atoms with Crippen molar-refractivity contribution < 1.29 is 14.3 Å². The van der Waals surface area contributed by atoms with E-state index in [4.69, 9.17) is 9.47 Å². The lowest BCUT2D eigenvalue weighted by molar-refractivity contribution is -0.117. The predicted molar refractivity (Wildman–Crippen MR) is 107 cm³/mol. The highest BCUT2D eigenvalue weighted by Crippen LogP contribution is 2.35. The maximum Gasteiger partial charge on any atom is 0.252 e. The molecule has 0 bridgehead atoms. The second-order valence-electron chi connectivity index (χ2n) is 6.99. The predicted octanol–water partition coefficient (Wildman–Crippen LogP) is 3.80. The average molecular weight is 382 g/mol. The first-order chi connectivity index (χ1) is 13.0. The molecule has 0 saturated carbocycles. The normalized spacial score (nSPS) is 14.1. The smallest absolute Gasteiger partial charge is 0.252 e. The van der Waals surface area contributed by atoms with Crippen LogP contribution in [-0.2, 0) is 18.3 Å². The van der Waals surface area contributed by atoms with Gasteiger partial charge in [-0.15, -0.1) is 0 Å². The molecule has 1 aliphatic heterocycles. The van der Waals surface area contributed by atoms with Gasteiger partial charge in [-0.2, -0.15) is 4.99 Å². The molecule has 0 N–H and O–H groups in total. The number of hydrogen-bond donors (Lipinski definition) is 0. The average Bonchev–Trinajstić information content (AvgIpc) is 2.95. The monoisotopic (exact) mass is 382 g/mol. The van der Waals surface area contributed by atoms with Crippen molar-refractivity contribution in [2.45, 2.75) is 26.2 Å². The topological polar surface area (TPSA) is 52.8 Å². The first-order valence-corrected chi connectivity index (χ1v) is 9.88. The van der Waals surface area contributed by atoms with E-state index in [-0.39, 0.29) is 5.91 Å². The molecule has 2 heterocycles. The summed E-state index contributed by atoms with van der Waals surface area (Å²) >= 11 is 1.48. The summed E-state index contributed by atoms with van der Waals surface area (Å²) in [6, 6.07) is 12.1. The van der Waals surface area contributed by atoms with Crippen molar-refractivity contribution in [1.29, 1.82) is 0 Å². The lowest BCUT2D eigenvalue weighted by Gasteiger charge is -2.18. The first kappa shape index (κ1) is 17.8. The van der Waals surface area contributed by atoms with Gasteiger partial charge in [0.25, 0.3) is 5.91 Å². The molecular weight excluding hydrogens is 360 g/mol. The maximum absolute atomic E-state index is 12.5. The number of aromatic nitrogens is 1. The van der Waals surface area contributed by atoms with Crippen molar-refractivity contribution >= 4 is 27.5 Å². The van der Waals surface area contributed by atoms with Crippen LogP contribution in [-0.4, -0.2) is 23.7 Å². The van der Waals surface area contributed by atoms with Crippen LogP contribution in [0.4, 0.5) is 0 Å². The molecule has 27 heavy (non-hydrogen) atoms. The molecule has 4 rings (SSSR count). The van der Waals surface area contributed by atoms with Crippen LogP contribution in [0, 0.1) is 0 Å². The lowest BCUT2D eigenvalue weighted by Crippen LogP contribution is -2.16. The van der Waals surface area contributed by atoms with Gasteiger partial charge >= 0.3 is 0 Å². The van der Waals surface area contributed by atoms with Crippen LogP contribution in [0.2, 0.25) is 0 Å². The largest absolute Gasteiger partial charge is 0.486 e. The van der Waals surface area contributed by atoms with E-state index in [2.05, 4.69) is 31.0 Å². The van der Waals surface area contributed by atoms with Crippen LogP contribution in [0.15, 0.2) is 41.4 Å². The Morgan fingerprint density at radius 2 is 1.81 bits per heavy atom. The van der Waals surface area contributed by atoms with Gasteiger partial charge in [0.1, 0.15) is 13.2 Å². The fourth-order valence-electron chi connectivity index (χ4n) is 3.11. The third-order valence-corrected chi connectivity index (χ3v) is 5.79. The van der Waals surface area contributed by atoms with Crippen LogP contribution in [0.1, 0.15) is 30.9 Å². The standard InChI is InChI=1S/C21H22N2O3S/c1-13(2)15-6-4-14(5-7-15)10-20(24)22-21-23(3)16-11-17-18(12-19(16)27-21)26-9-8-25-17/h4-7,11-13H,8-10H2,1-3H3. The van der Waals surface area contributed by atoms with Crippen molar-refractivity contribution in [3.63, 3.8) is 0 Å². The minimum atomic E-state index is -0.147. The number of hydrogen-bond acceptors (Lipinski definition) is 4. The number of fused-ring (bicyclic) bond motifs is 2. The molecular formula is C21H22N2O3S. The molecule has 0 aliphatic carbocycles. The Morgan fingerprint density at radius 1 is 1.15 bits per heavy atom. The van der Waals surface area contributed by atoms with Gasteiger partial charge in [-0.25, -0.2) is 0 Å². The van der Waals surface area contributed by atoms with Crippen molar-refractivity contribution in [2.75, 3.05) is 13.2 Å². The first-order valence-electron chi connectivity index (χ1n) is 9.07. The third-order valence-electron chi connectivity index (χ3n) is 4.70. The second-order valence-corrected chi connectivity index (χ2v) is 7.99. The number of rotatable bonds is 3. The molecule has 0 saturated heterocycles. The van der Waals surface area contributed by atoms with E-state index in [1.807, 2.05) is 35.9 Å². The number of nitrogens with zero attached hydrogens (tertiary/aromatic N) is 2. The summed E-state index contributed by atoms with van der Waals surface area (Å²) in [7, 11) is 1.92. The van der Waals surface area contributed by atoms with Gasteiger partial charge in [0.2, 0.25) is 0 Å². The SMILES string of the molecule is CC(C)c1ccc(CC(=O)N=c2sc3cc4c(cc3n2C)OCCO4)cc1. The van der Waals surface area contributed by atoms with Gasteiger partial charge in [-0.05, 0) is 17.0 Å². The molecule has 6 heteroatoms. The zero-order valence-electron chi connectivity index (χ0n) is 15.7. The zero-order valence-corrected chi connectivity index (χ0v) is 16.5. The van der Waals surface area contributed by atoms with E-state index in [0.717, 1.165) is 27.3 Å². The van der Waals surface area contributed by atoms with Gasteiger partial charge in [0, 0.05) is 19.2 Å². The van der Waals surface area contributed by atoms with E-state index in [1.165, 1.54) is 16.9 Å². The Kier molecular flexibility index (Phi) is 4.74. The molecule has 1 aliphatic rings. The minimum absolute atomic E-state index is 0.147. The van der Waals surface area contributed by atoms with E-state index in [0.29, 0.717) is 30.4 Å². The fourth-order valence-corrected chi connectivity index (χ4v) is 4.16. The Labute approximate surface area is 161 Å². The minimum Gasteiger partial charge on any atom is -0.486 e. The van der Waals surface area contributed by atoms with Gasteiger partial charge in [-0.3, -0.25) is 4.79 Å². The summed E-state index contributed by atoms with van der Waals surface area (Å²) in [5.41, 5.74) is 3.23. The number of thiazole rings is 1. The molecule has 140 valence electrons. The second kappa shape index (κ2) is 7.19. The van der Waals surface area contributed by atoms with Gasteiger partial charge in [0.05, 0.1) is 16.6 Å². The van der Waals surface area contributed by atoms with E-state index in [1.54, 1.807) is 0 Å². The van der Waals surface area contributed by atoms with Crippen molar-refractivity contribution in [2.24, 2.45) is 12.0 Å². The molecule has 2 aromatic carbocycles. The van der Waals surface area contributed by atoms with Gasteiger partial charge in [-0.1, -0.05) is 49.4 Å². The van der Waals surface area contributed by atoms with Crippen molar-refractivity contribution in [1.82, 2.24) is 4.57 Å². The summed E-state index contributed by atoms with van der Waals surface area (Å²) < 4.78 is 14.2. The molecule has 3 aromatic rings. The highest BCUT2D eigenvalue weighted by molar-refractivity contribution is 7.16. The number of carbonyl (C=O) groups is 1. The lowest BCUT2D eigenvalue weighted by atomic mass is 10.0. The van der Waals surface area contributed by atoms with Crippen LogP contribution in [0.25, 0.3) is 10.2 Å². The number of ether oxygens (including phenoxy) is 2. The van der Waals surface area contributed by atoms with Crippen molar-refractivity contribution in [3.05, 3.63) is 52.3 Å². The van der Waals surface area contributed by atoms with Crippen LogP contribution < -0.4 is 14.3 Å². The summed E-state index contributed by atoms with van der Waals surface area (Å²) in [6.45, 7) is 5.43. The number of aryl methyl sites for hydroxylation is 1. The molecule has 5 nitrogen and oxygen atoms in total. The Morgan fingerprint density at radius 3 is 2.48 bits per heavy atom. The Balaban J connectivity index is 1.61. The van der Waals surface area contributed by atoms with Gasteiger partial charge < -0.3 is 14.0 Å². The molecule has 1 aromatic heterocycles. The molecule has 1 amide bonds. The Hall–Kier alpha value is -2.60. The number of amides is 1. The summed E-state index contributed by atoms with van der Waals surface area (Å²) in [5, 5.41) is 0. The van der Waals surface area contributed by atoms with Gasteiger partial charge in [0.15, 0.2) is 16.3 Å². The number of carbonyl (C=O) groups excluding carboxylic acids is 1. The summed E-state index contributed by atoms with van der Waals surface area (Å²) in [6.07, 6.45) is 0.301. The quantitative estimate of drug-likeness (QED) is 0.692. The van der Waals surface area contributed by atoms with E-state index in [9.17, 15) is 4.79 Å². The molecule has 0 fully saturated rings. The zero-order chi connectivity index (χ0) is 19.0. The van der Waals surface area contributed by atoms with E-state index >= 15 is 0 Å². The van der Waals surface area contributed by atoms with Crippen LogP contribution >= 0.6 is 11.3 Å². The maximum atomic E-state index is 12.5. The summed E-state index contributed by atoms with van der Waals surface area (Å²) in [5.74, 6) is 1.83. The third kappa shape index (κ3) is 3.62. The summed E-state index contributed by atoms with van der Waals surface area (Å²) in [4.78, 5) is 17.5. The van der Waals surface area contributed by atoms with Crippen molar-refractivity contribution in [3.8, 4) is 11.5 Å². The number of benzene rings is 2. The molecule has 0 atom stereocenters. The molecule has 0 unspecified atom stereocenters. The molecule has 0 radical (unpaired) electrons. The highest BCUT2D eigenvalue weighted by Gasteiger charge is 2.15.